The third kappa shape index (κ3) is 5.08. The molecule has 0 saturated heterocycles. The van der Waals surface area contributed by atoms with E-state index in [4.69, 9.17) is 26.8 Å². The average Bonchev–Trinajstić information content (AvgIpc) is 3.06. The Balaban J connectivity index is 1.70. The molecule has 0 saturated carbocycles. The molecule has 1 aromatic heterocycles. The molecule has 3 N–H and O–H groups in total. The number of halogens is 2. The molecule has 0 aliphatic carbocycles. The summed E-state index contributed by atoms with van der Waals surface area (Å²) >= 11 is 7.35. The van der Waals surface area contributed by atoms with E-state index < -0.39 is 5.82 Å². The highest BCUT2D eigenvalue weighted by Crippen LogP contribution is 2.27. The first-order valence-corrected chi connectivity index (χ1v) is 9.06. The van der Waals surface area contributed by atoms with E-state index in [-0.39, 0.29) is 11.6 Å². The number of nitrogens with two attached hydrogens (primary N) is 1. The lowest BCUT2D eigenvalue weighted by Gasteiger charge is -2.12. The van der Waals surface area contributed by atoms with Crippen molar-refractivity contribution < 1.29 is 13.9 Å². The Kier molecular flexibility index (Phi) is 6.10. The van der Waals surface area contributed by atoms with Gasteiger partial charge in [-0.2, -0.15) is 5.10 Å². The van der Waals surface area contributed by atoms with Gasteiger partial charge in [0.1, 0.15) is 29.7 Å². The Bertz CT molecular complexity index is 964. The molecule has 0 spiro atoms. The van der Waals surface area contributed by atoms with Gasteiger partial charge in [-0.1, -0.05) is 11.6 Å². The van der Waals surface area contributed by atoms with Crippen molar-refractivity contribution in [1.82, 2.24) is 4.98 Å². The number of anilines is 2. The molecule has 27 heavy (non-hydrogen) atoms. The number of benzene rings is 2. The van der Waals surface area contributed by atoms with Crippen molar-refractivity contribution in [2.24, 2.45) is 5.10 Å². The van der Waals surface area contributed by atoms with Crippen LogP contribution in [0.15, 0.2) is 46.9 Å². The van der Waals surface area contributed by atoms with Gasteiger partial charge in [-0.25, -0.2) is 9.37 Å². The van der Waals surface area contributed by atoms with Crippen molar-refractivity contribution in [3.63, 3.8) is 0 Å². The zero-order chi connectivity index (χ0) is 19.2. The molecule has 0 atom stereocenters. The van der Waals surface area contributed by atoms with E-state index in [1.165, 1.54) is 29.5 Å². The van der Waals surface area contributed by atoms with Crippen molar-refractivity contribution in [3.8, 4) is 11.5 Å². The van der Waals surface area contributed by atoms with Crippen molar-refractivity contribution >= 4 is 40.1 Å². The Hall–Kier alpha value is -2.84. The Labute approximate surface area is 164 Å². The Morgan fingerprint density at radius 1 is 1.30 bits per heavy atom. The molecule has 6 nitrogen and oxygen atoms in total. The minimum Gasteiger partial charge on any atom is -0.496 e. The molecule has 0 amide bonds. The zero-order valence-corrected chi connectivity index (χ0v) is 15.9. The normalized spacial score (nSPS) is 10.9. The predicted molar refractivity (Wildman–Crippen MR) is 106 cm³/mol. The van der Waals surface area contributed by atoms with E-state index in [1.54, 1.807) is 18.7 Å². The summed E-state index contributed by atoms with van der Waals surface area (Å²) in [5.74, 6) is 1.08. The number of methoxy groups -OCH3 is 1. The lowest BCUT2D eigenvalue weighted by atomic mass is 10.1. The molecule has 3 rings (SSSR count). The number of thiazole rings is 1. The van der Waals surface area contributed by atoms with Gasteiger partial charge in [0.15, 0.2) is 0 Å². The van der Waals surface area contributed by atoms with Gasteiger partial charge >= 0.3 is 0 Å². The quantitative estimate of drug-likeness (QED) is 0.444. The molecule has 0 fully saturated rings. The third-order valence-electron chi connectivity index (χ3n) is 3.48. The van der Waals surface area contributed by atoms with Crippen LogP contribution in [0.2, 0.25) is 5.02 Å². The maximum Gasteiger partial charge on any atom is 0.205 e. The fraction of sp³-hybridized carbons (Fsp3) is 0.111. The van der Waals surface area contributed by atoms with Crippen LogP contribution in [0.4, 0.5) is 15.3 Å². The van der Waals surface area contributed by atoms with Gasteiger partial charge in [-0.3, -0.25) is 5.43 Å². The minimum atomic E-state index is -0.419. The standard InChI is InChI=1S/C18H16ClFN4O2S/c1-25-15-4-2-11(8-22-24-18-23-17(21)10-27-18)6-12(15)9-26-16-5-3-13(20)7-14(16)19/h2-8,10H,9,21H2,1H3,(H,23,24). The van der Waals surface area contributed by atoms with Gasteiger partial charge < -0.3 is 15.2 Å². The average molecular weight is 407 g/mol. The molecule has 0 bridgehead atoms. The summed E-state index contributed by atoms with van der Waals surface area (Å²) < 4.78 is 24.2. The maximum absolute atomic E-state index is 13.1. The number of ether oxygens (including phenoxy) is 2. The number of hydrogen-bond donors (Lipinski definition) is 2. The Morgan fingerprint density at radius 3 is 2.81 bits per heavy atom. The molecule has 0 aliphatic heterocycles. The van der Waals surface area contributed by atoms with E-state index in [0.717, 1.165) is 11.1 Å². The molecule has 0 unspecified atom stereocenters. The van der Waals surface area contributed by atoms with Gasteiger partial charge in [0.2, 0.25) is 5.13 Å². The van der Waals surface area contributed by atoms with Crippen LogP contribution in [0, 0.1) is 5.82 Å². The molecular formula is C18H16ClFN4O2S. The zero-order valence-electron chi connectivity index (χ0n) is 14.3. The van der Waals surface area contributed by atoms with Gasteiger partial charge in [0.25, 0.3) is 0 Å². The Morgan fingerprint density at radius 2 is 2.11 bits per heavy atom. The van der Waals surface area contributed by atoms with Crippen molar-refractivity contribution in [2.45, 2.75) is 6.61 Å². The molecule has 9 heteroatoms. The smallest absolute Gasteiger partial charge is 0.205 e. The highest BCUT2D eigenvalue weighted by atomic mass is 35.5. The van der Waals surface area contributed by atoms with Crippen LogP contribution in [0.25, 0.3) is 0 Å². The molecule has 0 radical (unpaired) electrons. The SMILES string of the molecule is COc1ccc(C=NNc2nc(N)cs2)cc1COc1ccc(F)cc1Cl. The summed E-state index contributed by atoms with van der Waals surface area (Å²) in [6.45, 7) is 0.201. The molecule has 3 aromatic rings. The third-order valence-corrected chi connectivity index (χ3v) is 4.54. The van der Waals surface area contributed by atoms with Crippen molar-refractivity contribution in [1.29, 1.82) is 0 Å². The number of rotatable bonds is 7. The number of nitrogen functional groups attached to an aromatic ring is 1. The van der Waals surface area contributed by atoms with E-state index in [0.29, 0.717) is 22.4 Å². The highest BCUT2D eigenvalue weighted by molar-refractivity contribution is 7.14. The molecule has 2 aromatic carbocycles. The largest absolute Gasteiger partial charge is 0.496 e. The second-order valence-electron chi connectivity index (χ2n) is 5.38. The first-order chi connectivity index (χ1) is 13.0. The van der Waals surface area contributed by atoms with E-state index in [2.05, 4.69) is 15.5 Å². The number of aromatic nitrogens is 1. The van der Waals surface area contributed by atoms with Crippen LogP contribution in [0.1, 0.15) is 11.1 Å². The monoisotopic (exact) mass is 406 g/mol. The molecule has 140 valence electrons. The first-order valence-electron chi connectivity index (χ1n) is 7.80. The van der Waals surface area contributed by atoms with Crippen LogP contribution < -0.4 is 20.6 Å². The molecule has 1 heterocycles. The summed E-state index contributed by atoms with van der Waals surface area (Å²) in [6, 6.07) is 9.52. The van der Waals surface area contributed by atoms with Gasteiger partial charge in [-0.05, 0) is 42.0 Å². The minimum absolute atomic E-state index is 0.201. The summed E-state index contributed by atoms with van der Waals surface area (Å²) in [5.41, 5.74) is 10.00. The van der Waals surface area contributed by atoms with Crippen molar-refractivity contribution in [2.75, 3.05) is 18.3 Å². The van der Waals surface area contributed by atoms with Gasteiger partial charge in [0.05, 0.1) is 18.3 Å². The predicted octanol–water partition coefficient (Wildman–Crippen LogP) is 4.55. The summed E-state index contributed by atoms with van der Waals surface area (Å²) in [4.78, 5) is 4.06. The fourth-order valence-electron chi connectivity index (χ4n) is 2.24. The fourth-order valence-corrected chi connectivity index (χ4v) is 3.01. The second-order valence-corrected chi connectivity index (χ2v) is 6.65. The lowest BCUT2D eigenvalue weighted by Crippen LogP contribution is -2.01. The van der Waals surface area contributed by atoms with Crippen LogP contribution in [0.5, 0.6) is 11.5 Å². The number of hydrazone groups is 1. The van der Waals surface area contributed by atoms with Crippen molar-refractivity contribution in [3.05, 3.63) is 63.7 Å². The molecule has 0 aliphatic rings. The topological polar surface area (TPSA) is 81.8 Å². The van der Waals surface area contributed by atoms with Crippen LogP contribution >= 0.6 is 22.9 Å². The van der Waals surface area contributed by atoms with Gasteiger partial charge in [0, 0.05) is 10.9 Å². The van der Waals surface area contributed by atoms with Crippen LogP contribution in [-0.2, 0) is 6.61 Å². The first kappa shape index (κ1) is 18.9. The van der Waals surface area contributed by atoms with E-state index in [1.807, 2.05) is 18.2 Å². The molecular weight excluding hydrogens is 391 g/mol. The van der Waals surface area contributed by atoms with Gasteiger partial charge in [-0.15, -0.1) is 11.3 Å². The van der Waals surface area contributed by atoms with Crippen LogP contribution in [0.3, 0.4) is 0 Å². The van der Waals surface area contributed by atoms with E-state index in [9.17, 15) is 4.39 Å². The number of nitrogens with one attached hydrogen (secondary N) is 1. The highest BCUT2D eigenvalue weighted by Gasteiger charge is 2.08. The second kappa shape index (κ2) is 8.70. The van der Waals surface area contributed by atoms with E-state index >= 15 is 0 Å². The maximum atomic E-state index is 13.1. The summed E-state index contributed by atoms with van der Waals surface area (Å²) in [5, 5.41) is 6.67. The number of nitrogens with zero attached hydrogens (tertiary/aromatic N) is 2. The summed E-state index contributed by atoms with van der Waals surface area (Å²) in [6.07, 6.45) is 1.64. The van der Waals surface area contributed by atoms with Crippen LogP contribution in [-0.4, -0.2) is 18.3 Å². The summed E-state index contributed by atoms with van der Waals surface area (Å²) in [7, 11) is 1.58. The number of hydrogen-bond acceptors (Lipinski definition) is 7. The lowest BCUT2D eigenvalue weighted by molar-refractivity contribution is 0.296.